The van der Waals surface area contributed by atoms with Crippen LogP contribution in [-0.4, -0.2) is 143 Å². The molecule has 6 fully saturated rings. The quantitative estimate of drug-likeness (QED) is 0.0955. The van der Waals surface area contributed by atoms with Crippen molar-refractivity contribution in [3.63, 3.8) is 0 Å². The Kier molecular flexibility index (Phi) is 12.0. The molecule has 15 nitrogen and oxygen atoms in total. The second-order valence-corrected chi connectivity index (χ2v) is 21.3. The number of halogens is 1. The molecule has 71 heavy (non-hydrogen) atoms. The maximum Gasteiger partial charge on any atom is 0.319 e. The van der Waals surface area contributed by atoms with Gasteiger partial charge in [-0.3, -0.25) is 29.6 Å². The molecule has 2 unspecified atom stereocenters. The second kappa shape index (κ2) is 18.6. The molecule has 5 saturated heterocycles. The normalized spacial score (nSPS) is 23.6. The summed E-state index contributed by atoms with van der Waals surface area (Å²) in [5.74, 6) is 2.68. The zero-order chi connectivity index (χ0) is 48.4. The van der Waals surface area contributed by atoms with E-state index in [1.807, 2.05) is 30.3 Å². The number of aromatic hydroxyl groups is 1. The third kappa shape index (κ3) is 9.01. The predicted molar refractivity (Wildman–Crippen MR) is 269 cm³/mol. The summed E-state index contributed by atoms with van der Waals surface area (Å²) < 4.78 is 23.7. The van der Waals surface area contributed by atoms with Crippen molar-refractivity contribution >= 4 is 50.9 Å². The molecular formula is C55H61FN10O5. The largest absolute Gasteiger partial charge is 0.508 e. The number of nitrogens with zero attached hydrogens (tertiary/aromatic N) is 8. The number of anilines is 2. The van der Waals surface area contributed by atoms with Crippen LogP contribution in [0.2, 0.25) is 0 Å². The van der Waals surface area contributed by atoms with E-state index in [0.717, 1.165) is 108 Å². The zero-order valence-electron chi connectivity index (χ0n) is 40.2. The Morgan fingerprint density at radius 2 is 1.69 bits per heavy atom. The maximum absolute atomic E-state index is 17.1. The van der Waals surface area contributed by atoms with Crippen molar-refractivity contribution in [2.75, 3.05) is 81.9 Å². The fourth-order valence-electron chi connectivity index (χ4n) is 12.4. The summed E-state index contributed by atoms with van der Waals surface area (Å²) in [7, 11) is 0. The number of aromatic nitrogens is 3. The molecule has 3 N–H and O–H groups in total. The fraction of sp³-hybridized carbons (Fsp3) is 0.491. The topological polar surface area (TPSA) is 160 Å². The molecule has 1 saturated carbocycles. The summed E-state index contributed by atoms with van der Waals surface area (Å²) in [6.45, 7) is 10.5. The number of amides is 3. The number of phenolic OH excluding ortho intramolecular Hbond substituents is 1. The number of carbonyl (C=O) groups excluding carboxylic acids is 3. The van der Waals surface area contributed by atoms with Crippen LogP contribution in [0, 0.1) is 29.5 Å². The summed E-state index contributed by atoms with van der Waals surface area (Å²) >= 11 is 0. The number of rotatable bonds is 13. The Hall–Kier alpha value is -6.41. The lowest BCUT2D eigenvalue weighted by Crippen LogP contribution is -2.52. The third-order valence-electron chi connectivity index (χ3n) is 16.6. The number of imide groups is 1. The van der Waals surface area contributed by atoms with E-state index in [2.05, 4.69) is 47.2 Å². The van der Waals surface area contributed by atoms with E-state index >= 15 is 4.39 Å². The van der Waals surface area contributed by atoms with Gasteiger partial charge in [-0.2, -0.15) is 9.97 Å². The summed E-state index contributed by atoms with van der Waals surface area (Å²) in [6, 6.07) is 14.9. The van der Waals surface area contributed by atoms with Crippen LogP contribution >= 0.6 is 0 Å². The number of benzene rings is 3. The molecule has 2 bridgehead atoms. The standard InChI is InChI=1S/C55H61FN10O5/c1-2-35-6-3-7-36-26-41(67)27-43(47(35)36)49-48(56)50-44(28-57-49)51(65-30-38-8-9-39(31-65)58-38)61-54(60-50)71-33-55(16-17-55)32-63-19-14-34(15-20-63)5-4-18-62-21-23-64(24-22-62)40-10-11-42-37(25-40)29-66(53(42)70)45-12-13-46(68)59-52(45)69/h1,3,6-7,10-11,25-28,34,38-39,45,58,67H,4-5,8-9,12-24,29-33H2,(H,59,68,69)/t38?,39?,45-/m0/s1. The molecule has 12 rings (SSSR count). The molecule has 3 amide bonds. The highest BCUT2D eigenvalue weighted by Crippen LogP contribution is 2.47. The number of phenols is 1. The van der Waals surface area contributed by atoms with Crippen molar-refractivity contribution in [2.45, 2.75) is 88.9 Å². The number of fused-ring (bicyclic) bond motifs is 5. The molecule has 7 aliphatic rings. The highest BCUT2D eigenvalue weighted by molar-refractivity contribution is 6.06. The van der Waals surface area contributed by atoms with Crippen LogP contribution in [0.25, 0.3) is 32.9 Å². The second-order valence-electron chi connectivity index (χ2n) is 21.3. The van der Waals surface area contributed by atoms with Gasteiger partial charge in [-0.1, -0.05) is 18.1 Å². The molecule has 5 aromatic rings. The van der Waals surface area contributed by atoms with E-state index in [-0.39, 0.29) is 52.5 Å². The van der Waals surface area contributed by atoms with Crippen LogP contribution in [0.4, 0.5) is 15.9 Å². The Balaban J connectivity index is 0.644. The number of hydrogen-bond donors (Lipinski definition) is 3. The molecule has 368 valence electrons. The number of piperidine rings is 2. The van der Waals surface area contributed by atoms with E-state index in [0.29, 0.717) is 70.3 Å². The highest BCUT2D eigenvalue weighted by atomic mass is 19.1. The monoisotopic (exact) mass is 960 g/mol. The highest BCUT2D eigenvalue weighted by Gasteiger charge is 2.46. The van der Waals surface area contributed by atoms with E-state index < -0.39 is 11.9 Å². The minimum absolute atomic E-state index is 0.00712. The zero-order valence-corrected chi connectivity index (χ0v) is 40.2. The number of pyridine rings is 1. The van der Waals surface area contributed by atoms with Gasteiger partial charge in [0.25, 0.3) is 5.91 Å². The van der Waals surface area contributed by atoms with Crippen LogP contribution in [0.1, 0.15) is 85.7 Å². The Labute approximate surface area is 413 Å². The van der Waals surface area contributed by atoms with Crippen LogP contribution in [0.5, 0.6) is 11.8 Å². The Morgan fingerprint density at radius 3 is 2.45 bits per heavy atom. The van der Waals surface area contributed by atoms with Crippen LogP contribution in [-0.2, 0) is 16.1 Å². The number of carbonyl (C=O) groups is 3. The first-order chi connectivity index (χ1) is 34.6. The number of ether oxygens (including phenoxy) is 1. The molecule has 0 spiro atoms. The molecule has 2 aromatic heterocycles. The van der Waals surface area contributed by atoms with Gasteiger partial charge in [-0.05, 0) is 131 Å². The number of terminal acetylenes is 1. The lowest BCUT2D eigenvalue weighted by Gasteiger charge is -2.37. The molecule has 0 radical (unpaired) electrons. The first kappa shape index (κ1) is 45.7. The Bertz CT molecular complexity index is 2970. The predicted octanol–water partition coefficient (Wildman–Crippen LogP) is 5.85. The van der Waals surface area contributed by atoms with E-state index in [9.17, 15) is 19.5 Å². The lowest BCUT2D eigenvalue weighted by molar-refractivity contribution is -0.136. The smallest absolute Gasteiger partial charge is 0.319 e. The van der Waals surface area contributed by atoms with E-state index in [1.165, 1.54) is 31.7 Å². The minimum atomic E-state index is -0.602. The molecule has 3 atom stereocenters. The van der Waals surface area contributed by atoms with Gasteiger partial charge in [0.05, 0.1) is 12.0 Å². The van der Waals surface area contributed by atoms with Crippen LogP contribution in [0.15, 0.2) is 54.7 Å². The summed E-state index contributed by atoms with van der Waals surface area (Å²) in [5, 5.41) is 18.7. The van der Waals surface area contributed by atoms with Gasteiger partial charge in [0.1, 0.15) is 28.8 Å². The molecule has 8 heterocycles. The van der Waals surface area contributed by atoms with E-state index in [4.69, 9.17) is 21.1 Å². The molecule has 1 aliphatic carbocycles. The summed E-state index contributed by atoms with van der Waals surface area (Å²) in [5.41, 5.74) is 3.93. The van der Waals surface area contributed by atoms with Crippen molar-refractivity contribution in [3.8, 4) is 35.4 Å². The average Bonchev–Trinajstić information content (AvgIpc) is 3.96. The van der Waals surface area contributed by atoms with Crippen molar-refractivity contribution in [1.29, 1.82) is 0 Å². The molecule has 3 aromatic carbocycles. The van der Waals surface area contributed by atoms with Crippen molar-refractivity contribution in [2.24, 2.45) is 11.3 Å². The maximum atomic E-state index is 17.1. The SMILES string of the molecule is C#Cc1cccc2cc(O)cc(-c3ncc4c(N5CC6CCC(C5)N6)nc(OCC5(CN6CCC(CCCN7CCN(c8ccc9c(c8)CN([C@H]8CCC(=O)NC8=O)C9=O)CC7)CC6)CC5)nc4c3F)c12. The van der Waals surface area contributed by atoms with Gasteiger partial charge in [0.15, 0.2) is 5.82 Å². The first-order valence-electron chi connectivity index (χ1n) is 25.8. The van der Waals surface area contributed by atoms with Gasteiger partial charge in [0.2, 0.25) is 11.8 Å². The first-order valence-corrected chi connectivity index (χ1v) is 25.8. The number of hydrogen-bond acceptors (Lipinski definition) is 13. The summed E-state index contributed by atoms with van der Waals surface area (Å²) in [4.78, 5) is 63.3. The molecule has 6 aliphatic heterocycles. The van der Waals surface area contributed by atoms with E-state index in [1.54, 1.807) is 17.2 Å². The average molecular weight is 961 g/mol. The lowest BCUT2D eigenvalue weighted by atomic mass is 9.91. The van der Waals surface area contributed by atoms with Gasteiger partial charge in [-0.25, -0.2) is 4.39 Å². The third-order valence-corrected chi connectivity index (χ3v) is 16.6. The van der Waals surface area contributed by atoms with Gasteiger partial charge < -0.3 is 34.8 Å². The molecule has 16 heteroatoms. The number of likely N-dealkylation sites (tertiary alicyclic amines) is 1. The van der Waals surface area contributed by atoms with Crippen LogP contribution in [0.3, 0.4) is 0 Å². The molecular weight excluding hydrogens is 900 g/mol. The Morgan fingerprint density at radius 1 is 0.887 bits per heavy atom. The van der Waals surface area contributed by atoms with Crippen LogP contribution < -0.4 is 25.2 Å². The number of nitrogens with one attached hydrogen (secondary N) is 2. The van der Waals surface area contributed by atoms with Crippen molar-refractivity contribution < 1.29 is 28.6 Å². The van der Waals surface area contributed by atoms with Crippen molar-refractivity contribution in [1.82, 2.24) is 40.3 Å². The number of piperazine rings is 2. The van der Waals surface area contributed by atoms with Gasteiger partial charge in [0, 0.05) is 110 Å². The minimum Gasteiger partial charge on any atom is -0.508 e. The summed E-state index contributed by atoms with van der Waals surface area (Å²) in [6.07, 6.45) is 17.3. The van der Waals surface area contributed by atoms with Gasteiger partial charge in [-0.15, -0.1) is 6.42 Å². The fourth-order valence-corrected chi connectivity index (χ4v) is 12.4. The van der Waals surface area contributed by atoms with Crippen molar-refractivity contribution in [3.05, 3.63) is 77.2 Å². The van der Waals surface area contributed by atoms with Gasteiger partial charge >= 0.3 is 6.01 Å².